The van der Waals surface area contributed by atoms with Crippen LogP contribution in [0.3, 0.4) is 0 Å². The Morgan fingerprint density at radius 1 is 1.04 bits per heavy atom. The van der Waals surface area contributed by atoms with Crippen LogP contribution in [0.2, 0.25) is 0 Å². The van der Waals surface area contributed by atoms with Crippen LogP contribution < -0.4 is 15.0 Å². The van der Waals surface area contributed by atoms with Crippen LogP contribution in [0, 0.1) is 12.7 Å². The Labute approximate surface area is 164 Å². The lowest BCUT2D eigenvalue weighted by Crippen LogP contribution is -2.44. The second-order valence-electron chi connectivity index (χ2n) is 7.28. The maximum Gasteiger partial charge on any atom is 0.148 e. The van der Waals surface area contributed by atoms with Crippen molar-refractivity contribution in [2.75, 3.05) is 50.6 Å². The standard InChI is InChI=1S/C22H25FN4O/c1-15-12-21(18-14-17(28-3)5-6-20(18)24-15)25-16-4-7-22(19(23)13-16)27-10-8-26(2)9-11-27/h4-7,12-14H,8-11H2,1-3H3,(H,24,25). The molecule has 1 aromatic heterocycles. The molecule has 6 heteroatoms. The number of halogens is 1. The van der Waals surface area contributed by atoms with E-state index >= 15 is 0 Å². The molecular formula is C22H25FN4O. The lowest BCUT2D eigenvalue weighted by atomic mass is 10.1. The van der Waals surface area contributed by atoms with Gasteiger partial charge in [0.05, 0.1) is 18.3 Å². The molecule has 3 aromatic rings. The van der Waals surface area contributed by atoms with Gasteiger partial charge in [-0.05, 0) is 56.4 Å². The van der Waals surface area contributed by atoms with Crippen LogP contribution in [0.1, 0.15) is 5.69 Å². The van der Waals surface area contributed by atoms with Crippen LogP contribution in [0.4, 0.5) is 21.5 Å². The Hall–Kier alpha value is -2.86. The highest BCUT2D eigenvalue weighted by Crippen LogP contribution is 2.31. The fourth-order valence-corrected chi connectivity index (χ4v) is 3.61. The second kappa shape index (κ2) is 7.64. The highest BCUT2D eigenvalue weighted by Gasteiger charge is 2.17. The van der Waals surface area contributed by atoms with Gasteiger partial charge in [0.15, 0.2) is 0 Å². The summed E-state index contributed by atoms with van der Waals surface area (Å²) in [5.41, 5.74) is 4.03. The smallest absolute Gasteiger partial charge is 0.148 e. The van der Waals surface area contributed by atoms with Crippen molar-refractivity contribution in [3.8, 4) is 5.75 Å². The van der Waals surface area contributed by atoms with E-state index < -0.39 is 0 Å². The molecule has 146 valence electrons. The summed E-state index contributed by atoms with van der Waals surface area (Å²) in [4.78, 5) is 8.94. The Balaban J connectivity index is 1.63. The van der Waals surface area contributed by atoms with Gasteiger partial charge in [-0.25, -0.2) is 4.39 Å². The third-order valence-corrected chi connectivity index (χ3v) is 5.21. The number of anilines is 3. The van der Waals surface area contributed by atoms with Gasteiger partial charge in [0.1, 0.15) is 11.6 Å². The van der Waals surface area contributed by atoms with Gasteiger partial charge in [-0.3, -0.25) is 4.98 Å². The zero-order valence-corrected chi connectivity index (χ0v) is 16.5. The predicted octanol–water partition coefficient (Wildman–Crippen LogP) is 4.19. The first-order valence-corrected chi connectivity index (χ1v) is 9.49. The molecule has 2 aromatic carbocycles. The minimum absolute atomic E-state index is 0.206. The molecule has 0 spiro atoms. The highest BCUT2D eigenvalue weighted by molar-refractivity contribution is 5.94. The Bertz CT molecular complexity index is 999. The van der Waals surface area contributed by atoms with E-state index in [4.69, 9.17) is 4.74 Å². The van der Waals surface area contributed by atoms with Gasteiger partial charge < -0.3 is 19.9 Å². The summed E-state index contributed by atoms with van der Waals surface area (Å²) in [6, 6.07) is 13.1. The van der Waals surface area contributed by atoms with Crippen LogP contribution in [0.25, 0.3) is 10.9 Å². The molecule has 1 saturated heterocycles. The summed E-state index contributed by atoms with van der Waals surface area (Å²) in [6.45, 7) is 5.53. The number of methoxy groups -OCH3 is 1. The molecule has 0 atom stereocenters. The van der Waals surface area contributed by atoms with Crippen LogP contribution in [-0.4, -0.2) is 50.2 Å². The van der Waals surface area contributed by atoms with Crippen LogP contribution in [-0.2, 0) is 0 Å². The number of piperazine rings is 1. The Morgan fingerprint density at radius 2 is 1.82 bits per heavy atom. The van der Waals surface area contributed by atoms with Gasteiger partial charge >= 0.3 is 0 Å². The summed E-state index contributed by atoms with van der Waals surface area (Å²) < 4.78 is 20.2. The minimum Gasteiger partial charge on any atom is -0.497 e. The molecule has 28 heavy (non-hydrogen) atoms. The number of fused-ring (bicyclic) bond motifs is 1. The number of aryl methyl sites for hydroxylation is 1. The molecule has 0 unspecified atom stereocenters. The number of nitrogens with one attached hydrogen (secondary N) is 1. The second-order valence-corrected chi connectivity index (χ2v) is 7.28. The first-order chi connectivity index (χ1) is 13.5. The lowest BCUT2D eigenvalue weighted by molar-refractivity contribution is 0.311. The van der Waals surface area contributed by atoms with E-state index in [0.717, 1.165) is 54.2 Å². The molecule has 5 nitrogen and oxygen atoms in total. The molecule has 0 amide bonds. The summed E-state index contributed by atoms with van der Waals surface area (Å²) in [7, 11) is 3.74. The molecule has 4 rings (SSSR count). The molecule has 0 aliphatic carbocycles. The number of benzene rings is 2. The van der Waals surface area contributed by atoms with E-state index in [-0.39, 0.29) is 5.82 Å². The normalized spacial score (nSPS) is 15.1. The number of hydrogen-bond acceptors (Lipinski definition) is 5. The van der Waals surface area contributed by atoms with Crippen molar-refractivity contribution in [2.24, 2.45) is 0 Å². The maximum atomic E-state index is 14.8. The van der Waals surface area contributed by atoms with Crippen molar-refractivity contribution >= 4 is 28.0 Å². The van der Waals surface area contributed by atoms with E-state index in [1.165, 1.54) is 0 Å². The van der Waals surface area contributed by atoms with Gasteiger partial charge in [0.2, 0.25) is 0 Å². The number of rotatable bonds is 4. The van der Waals surface area contributed by atoms with Gasteiger partial charge in [-0.1, -0.05) is 0 Å². The first-order valence-electron chi connectivity index (χ1n) is 9.49. The molecule has 1 aliphatic rings. The van der Waals surface area contributed by atoms with Crippen LogP contribution >= 0.6 is 0 Å². The number of aromatic nitrogens is 1. The third-order valence-electron chi connectivity index (χ3n) is 5.21. The number of ether oxygens (including phenoxy) is 1. The van der Waals surface area contributed by atoms with Crippen molar-refractivity contribution < 1.29 is 9.13 Å². The Kier molecular flexibility index (Phi) is 5.05. The fraction of sp³-hybridized carbons (Fsp3) is 0.318. The van der Waals surface area contributed by atoms with Gasteiger partial charge in [-0.15, -0.1) is 0 Å². The third kappa shape index (κ3) is 3.73. The number of likely N-dealkylation sites (N-methyl/N-ethyl adjacent to an activating group) is 1. The Morgan fingerprint density at radius 3 is 2.54 bits per heavy atom. The average Bonchev–Trinajstić information content (AvgIpc) is 2.69. The number of pyridine rings is 1. The summed E-state index contributed by atoms with van der Waals surface area (Å²) >= 11 is 0. The van der Waals surface area contributed by atoms with Crippen molar-refractivity contribution in [3.63, 3.8) is 0 Å². The molecule has 1 fully saturated rings. The predicted molar refractivity (Wildman–Crippen MR) is 112 cm³/mol. The lowest BCUT2D eigenvalue weighted by Gasteiger charge is -2.34. The van der Waals surface area contributed by atoms with Gasteiger partial charge in [-0.2, -0.15) is 0 Å². The van der Waals surface area contributed by atoms with E-state index in [9.17, 15) is 4.39 Å². The molecule has 1 N–H and O–H groups in total. The van der Waals surface area contributed by atoms with Crippen LogP contribution in [0.5, 0.6) is 5.75 Å². The molecule has 0 radical (unpaired) electrons. The molecule has 0 saturated carbocycles. The molecule has 0 bridgehead atoms. The summed E-state index contributed by atoms with van der Waals surface area (Å²) in [6.07, 6.45) is 0. The quantitative estimate of drug-likeness (QED) is 0.735. The zero-order chi connectivity index (χ0) is 19.7. The van der Waals surface area contributed by atoms with E-state index in [1.807, 2.05) is 43.3 Å². The molecule has 2 heterocycles. The summed E-state index contributed by atoms with van der Waals surface area (Å²) in [5.74, 6) is 0.556. The monoisotopic (exact) mass is 380 g/mol. The van der Waals surface area contributed by atoms with Crippen molar-refractivity contribution in [1.29, 1.82) is 0 Å². The summed E-state index contributed by atoms with van der Waals surface area (Å²) in [5, 5.41) is 4.29. The average molecular weight is 380 g/mol. The number of hydrogen-bond donors (Lipinski definition) is 1. The van der Waals surface area contributed by atoms with Crippen LogP contribution in [0.15, 0.2) is 42.5 Å². The topological polar surface area (TPSA) is 40.6 Å². The minimum atomic E-state index is -0.206. The SMILES string of the molecule is COc1ccc2nc(C)cc(Nc3ccc(N4CCN(C)CC4)c(F)c3)c2c1. The molecule has 1 aliphatic heterocycles. The maximum absolute atomic E-state index is 14.8. The first kappa shape index (κ1) is 18.5. The van der Waals surface area contributed by atoms with E-state index in [1.54, 1.807) is 13.2 Å². The fourth-order valence-electron chi connectivity index (χ4n) is 3.61. The zero-order valence-electron chi connectivity index (χ0n) is 16.5. The van der Waals surface area contributed by atoms with Crippen molar-refractivity contribution in [3.05, 3.63) is 54.0 Å². The van der Waals surface area contributed by atoms with Gasteiger partial charge in [0, 0.05) is 48.6 Å². The van der Waals surface area contributed by atoms with E-state index in [2.05, 4.69) is 27.1 Å². The van der Waals surface area contributed by atoms with E-state index in [0.29, 0.717) is 11.4 Å². The van der Waals surface area contributed by atoms with Crippen molar-refractivity contribution in [2.45, 2.75) is 6.92 Å². The number of nitrogens with zero attached hydrogens (tertiary/aromatic N) is 3. The van der Waals surface area contributed by atoms with Crippen molar-refractivity contribution in [1.82, 2.24) is 9.88 Å². The largest absolute Gasteiger partial charge is 0.497 e. The van der Waals surface area contributed by atoms with Gasteiger partial charge in [0.25, 0.3) is 0 Å². The molecular weight excluding hydrogens is 355 g/mol. The highest BCUT2D eigenvalue weighted by atomic mass is 19.1.